The van der Waals surface area contributed by atoms with Crippen LogP contribution in [0.3, 0.4) is 0 Å². The molecule has 0 spiro atoms. The van der Waals surface area contributed by atoms with Gasteiger partial charge in [-0.2, -0.15) is 31.6 Å². The molecule has 4 rings (SSSR count). The first-order valence-corrected chi connectivity index (χ1v) is 15.0. The summed E-state index contributed by atoms with van der Waals surface area (Å²) in [4.78, 5) is 83.8. The predicted octanol–water partition coefficient (Wildman–Crippen LogP) is 6.59. The lowest BCUT2D eigenvalue weighted by atomic mass is 9.73. The van der Waals surface area contributed by atoms with E-state index < -0.39 is 134 Å². The molecule has 0 saturated carbocycles. The first kappa shape index (κ1) is 37.9. The Kier molecular flexibility index (Phi) is 10.2. The van der Waals surface area contributed by atoms with Crippen LogP contribution < -0.4 is 0 Å². The highest BCUT2D eigenvalue weighted by Crippen LogP contribution is 2.49. The number of nitriles is 6. The second-order valence-corrected chi connectivity index (χ2v) is 10.8. The zero-order valence-electron chi connectivity index (χ0n) is 27.8. The van der Waals surface area contributed by atoms with Gasteiger partial charge in [0.25, 0.3) is 0 Å². The van der Waals surface area contributed by atoms with Gasteiger partial charge in [-0.05, 0) is 36.5 Å². The van der Waals surface area contributed by atoms with Crippen molar-refractivity contribution in [3.8, 4) is 36.4 Å². The molecule has 0 saturated heterocycles. The number of hydrogen-bond donors (Lipinski definition) is 0. The maximum Gasteiger partial charge on any atom is 0.187 e. The summed E-state index contributed by atoms with van der Waals surface area (Å²) in [5, 5.41) is 59.4. The molecule has 0 radical (unpaired) electrons. The number of carbonyl (C=O) groups is 6. The minimum atomic E-state index is -1.15. The molecular formula is C42H18N6O6. The molecule has 12 heteroatoms. The van der Waals surface area contributed by atoms with Crippen LogP contribution in [-0.2, 0) is 0 Å². The molecule has 0 amide bonds. The Morgan fingerprint density at radius 3 is 0.778 bits per heavy atom. The van der Waals surface area contributed by atoms with Gasteiger partial charge in [-0.25, -0.2) is 0 Å². The highest BCUT2D eigenvalue weighted by molar-refractivity contribution is 6.44. The average molecular weight is 703 g/mol. The summed E-state index contributed by atoms with van der Waals surface area (Å²) in [5.41, 5.74) is -8.87. The van der Waals surface area contributed by atoms with Crippen LogP contribution in [0.4, 0.5) is 0 Å². The predicted molar refractivity (Wildman–Crippen MR) is 194 cm³/mol. The van der Waals surface area contributed by atoms with Gasteiger partial charge in [0.15, 0.2) is 34.7 Å². The largest absolute Gasteiger partial charge is 0.289 e. The Morgan fingerprint density at radius 1 is 0.296 bits per heavy atom. The molecule has 0 fully saturated rings. The topological polar surface area (TPSA) is 245 Å². The van der Waals surface area contributed by atoms with Crippen molar-refractivity contribution in [3.05, 3.63) is 143 Å². The normalized spacial score (nSPS) is 9.89. The zero-order chi connectivity index (χ0) is 40.3. The van der Waals surface area contributed by atoms with E-state index >= 15 is 0 Å². The molecule has 0 aliphatic carbocycles. The summed E-state index contributed by atoms with van der Waals surface area (Å²) in [6.07, 6.45) is 4.23. The van der Waals surface area contributed by atoms with Crippen LogP contribution in [0.5, 0.6) is 0 Å². The van der Waals surface area contributed by atoms with Gasteiger partial charge < -0.3 is 0 Å². The Morgan fingerprint density at radius 2 is 0.500 bits per heavy atom. The van der Waals surface area contributed by atoms with Gasteiger partial charge in [0.05, 0.1) is 38.9 Å². The van der Waals surface area contributed by atoms with Gasteiger partial charge >= 0.3 is 0 Å². The second kappa shape index (κ2) is 14.5. The van der Waals surface area contributed by atoms with Crippen LogP contribution in [-0.4, -0.2) is 34.7 Å². The first-order chi connectivity index (χ1) is 25.8. The smallest absolute Gasteiger partial charge is 0.187 e. The zero-order valence-corrected chi connectivity index (χ0v) is 27.8. The van der Waals surface area contributed by atoms with Crippen LogP contribution in [0.2, 0.25) is 0 Å². The van der Waals surface area contributed by atoms with Gasteiger partial charge in [-0.15, -0.1) is 0 Å². The van der Waals surface area contributed by atoms with Gasteiger partial charge in [-0.1, -0.05) is 39.5 Å². The van der Waals surface area contributed by atoms with E-state index in [1.807, 2.05) is 0 Å². The summed E-state index contributed by atoms with van der Waals surface area (Å²) < 4.78 is 0. The minimum absolute atomic E-state index is 0.564. The maximum atomic E-state index is 14.2. The molecular weight excluding hydrogens is 684 g/mol. The monoisotopic (exact) mass is 702 g/mol. The molecule has 0 aliphatic rings. The van der Waals surface area contributed by atoms with Crippen LogP contribution in [0.1, 0.15) is 95.5 Å². The SMILES string of the molecule is C=CC(=O)c1c(C#N)c(C#N)c2c3c(C#N)c(C#N)c(C#N)c(C#N)c3c3c(C(=O)C=C)c(C(=O)C=C)c(C(=O)C=C)c(C(=O)C=C)c3c2c1C(=O)C=C. The summed E-state index contributed by atoms with van der Waals surface area (Å²) >= 11 is 0. The Labute approximate surface area is 305 Å². The fourth-order valence-electron chi connectivity index (χ4n) is 6.51. The molecule has 0 heterocycles. The molecule has 0 N–H and O–H groups in total. The van der Waals surface area contributed by atoms with Crippen LogP contribution in [0.25, 0.3) is 32.3 Å². The number of benzene rings is 4. The lowest BCUT2D eigenvalue weighted by Gasteiger charge is -2.25. The molecule has 252 valence electrons. The molecule has 54 heavy (non-hydrogen) atoms. The minimum Gasteiger partial charge on any atom is -0.289 e. The van der Waals surface area contributed by atoms with Gasteiger partial charge in [0.1, 0.15) is 36.4 Å². The molecule has 4 aromatic rings. The van der Waals surface area contributed by atoms with Crippen LogP contribution in [0.15, 0.2) is 75.9 Å². The van der Waals surface area contributed by atoms with Gasteiger partial charge in [0.2, 0.25) is 0 Å². The summed E-state index contributed by atoms with van der Waals surface area (Å²) in [6.45, 7) is 20.8. The number of carbonyl (C=O) groups excluding carboxylic acids is 6. The van der Waals surface area contributed by atoms with Crippen molar-refractivity contribution in [2.45, 2.75) is 0 Å². The van der Waals surface area contributed by atoms with Crippen molar-refractivity contribution in [2.75, 3.05) is 0 Å². The van der Waals surface area contributed by atoms with Gasteiger partial charge in [-0.3, -0.25) is 28.8 Å². The highest BCUT2D eigenvalue weighted by atomic mass is 16.1. The van der Waals surface area contributed by atoms with E-state index in [1.54, 1.807) is 36.4 Å². The van der Waals surface area contributed by atoms with Crippen molar-refractivity contribution in [3.63, 3.8) is 0 Å². The van der Waals surface area contributed by atoms with Crippen molar-refractivity contribution < 1.29 is 28.8 Å². The fourth-order valence-corrected chi connectivity index (χ4v) is 6.51. The highest BCUT2D eigenvalue weighted by Gasteiger charge is 2.38. The third-order valence-electron chi connectivity index (χ3n) is 8.51. The molecule has 0 atom stereocenters. The van der Waals surface area contributed by atoms with Crippen molar-refractivity contribution >= 4 is 67.0 Å². The van der Waals surface area contributed by atoms with Gasteiger partial charge in [0, 0.05) is 60.1 Å². The first-order valence-electron chi connectivity index (χ1n) is 15.0. The van der Waals surface area contributed by atoms with E-state index in [0.717, 1.165) is 0 Å². The van der Waals surface area contributed by atoms with E-state index in [4.69, 9.17) is 0 Å². The van der Waals surface area contributed by atoms with Crippen LogP contribution in [0, 0.1) is 68.0 Å². The third-order valence-corrected chi connectivity index (χ3v) is 8.51. The maximum absolute atomic E-state index is 14.2. The van der Waals surface area contributed by atoms with E-state index in [-0.39, 0.29) is 0 Å². The number of ketones is 6. The lowest BCUT2D eigenvalue weighted by molar-refractivity contribution is 0.0992. The summed E-state index contributed by atoms with van der Waals surface area (Å²) in [6, 6.07) is 10.4. The number of rotatable bonds is 12. The number of hydrogen-bond acceptors (Lipinski definition) is 12. The number of nitrogens with zero attached hydrogens (tertiary/aromatic N) is 6. The second-order valence-electron chi connectivity index (χ2n) is 10.8. The van der Waals surface area contributed by atoms with E-state index in [2.05, 4.69) is 39.5 Å². The van der Waals surface area contributed by atoms with Crippen molar-refractivity contribution in [1.82, 2.24) is 0 Å². The van der Waals surface area contributed by atoms with Crippen molar-refractivity contribution in [2.24, 2.45) is 0 Å². The van der Waals surface area contributed by atoms with E-state index in [9.17, 15) is 60.3 Å². The van der Waals surface area contributed by atoms with E-state index in [0.29, 0.717) is 36.5 Å². The lowest BCUT2D eigenvalue weighted by Crippen LogP contribution is -2.20. The number of fused-ring (bicyclic) bond motifs is 6. The molecule has 0 aromatic heterocycles. The summed E-state index contributed by atoms with van der Waals surface area (Å²) in [7, 11) is 0. The van der Waals surface area contributed by atoms with Crippen LogP contribution >= 0.6 is 0 Å². The quantitative estimate of drug-likeness (QED) is 0.0862. The standard InChI is InChI=1S/C42H18N6O6/c1-7-25(49)31-23(17-47)24(18-48)34-32-21(15-45)19(13-43)20(14-44)22(16-46)33(32)41-38(29(53)11-5)36(27(51)9-3)37(28(52)10-4)39(30(54)12-6)42(41)40(34)35(31)26(50)8-2/h7-12H,1-6H2. The Hall–Kier alpha value is -8.94. The average Bonchev–Trinajstić information content (AvgIpc) is 3.21. The Bertz CT molecular complexity index is 2930. The molecule has 4 aromatic carbocycles. The Balaban J connectivity index is 3.10. The number of allylic oxidation sites excluding steroid dienone is 6. The third kappa shape index (κ3) is 5.03. The van der Waals surface area contributed by atoms with Crippen molar-refractivity contribution in [1.29, 1.82) is 31.6 Å². The molecule has 12 nitrogen and oxygen atoms in total. The van der Waals surface area contributed by atoms with E-state index in [1.165, 1.54) is 0 Å². The summed E-state index contributed by atoms with van der Waals surface area (Å²) in [5.74, 6) is -6.78. The molecule has 0 bridgehead atoms. The molecule has 0 unspecified atom stereocenters. The fraction of sp³-hybridized carbons (Fsp3) is 0. The molecule has 0 aliphatic heterocycles.